The van der Waals surface area contributed by atoms with Gasteiger partial charge in [-0.25, -0.2) is 4.98 Å². The van der Waals surface area contributed by atoms with Gasteiger partial charge in [-0.2, -0.15) is 4.98 Å². The predicted molar refractivity (Wildman–Crippen MR) is 125 cm³/mol. The van der Waals surface area contributed by atoms with Crippen LogP contribution < -0.4 is 15.8 Å². The highest BCUT2D eigenvalue weighted by Gasteiger charge is 2.28. The molecule has 3 heterocycles. The standard InChI is InChI=1S/C25H31N5O/c1-18-7-5-6-10-22(18)30-23(31)12-11-19-17-27-25(28-24(19)30)29(20-8-3-2-4-9-20)21-13-15-26-16-14-21/h2-4,8-9,11-12,17-18,21-22,26H,5-7,10,13-16H2,1H3. The van der Waals surface area contributed by atoms with Gasteiger partial charge in [-0.15, -0.1) is 0 Å². The summed E-state index contributed by atoms with van der Waals surface area (Å²) in [7, 11) is 0. The van der Waals surface area contributed by atoms with Gasteiger partial charge >= 0.3 is 0 Å². The number of aromatic nitrogens is 3. The Morgan fingerprint density at radius 3 is 2.55 bits per heavy atom. The third kappa shape index (κ3) is 3.97. The summed E-state index contributed by atoms with van der Waals surface area (Å²) in [5.41, 5.74) is 1.92. The highest BCUT2D eigenvalue weighted by Crippen LogP contribution is 2.35. The van der Waals surface area contributed by atoms with Gasteiger partial charge in [-0.1, -0.05) is 38.0 Å². The molecule has 0 amide bonds. The van der Waals surface area contributed by atoms with Crippen molar-refractivity contribution in [3.8, 4) is 0 Å². The minimum absolute atomic E-state index is 0.0454. The molecule has 6 heteroatoms. The van der Waals surface area contributed by atoms with E-state index in [0.717, 1.165) is 55.5 Å². The van der Waals surface area contributed by atoms with E-state index in [0.29, 0.717) is 17.9 Å². The first-order valence-corrected chi connectivity index (χ1v) is 11.7. The van der Waals surface area contributed by atoms with Crippen LogP contribution in [0, 0.1) is 5.92 Å². The summed E-state index contributed by atoms with van der Waals surface area (Å²) in [5, 5.41) is 4.38. The zero-order valence-electron chi connectivity index (χ0n) is 18.2. The minimum Gasteiger partial charge on any atom is -0.317 e. The molecule has 1 saturated heterocycles. The van der Waals surface area contributed by atoms with Gasteiger partial charge in [0.25, 0.3) is 5.56 Å². The number of anilines is 2. The van der Waals surface area contributed by atoms with Crippen molar-refractivity contribution in [2.24, 2.45) is 5.92 Å². The van der Waals surface area contributed by atoms with Gasteiger partial charge in [0.05, 0.1) is 0 Å². The van der Waals surface area contributed by atoms with Crippen LogP contribution in [0.25, 0.3) is 11.0 Å². The molecule has 3 aromatic rings. The van der Waals surface area contributed by atoms with E-state index in [1.54, 1.807) is 6.07 Å². The summed E-state index contributed by atoms with van der Waals surface area (Å²) in [5.74, 6) is 1.17. The number of piperidine rings is 1. The Bertz CT molecular complexity index is 1090. The molecule has 1 aliphatic carbocycles. The van der Waals surface area contributed by atoms with E-state index < -0.39 is 0 Å². The second-order valence-electron chi connectivity index (χ2n) is 9.01. The summed E-state index contributed by atoms with van der Waals surface area (Å²) in [6, 6.07) is 14.5. The third-order valence-corrected chi connectivity index (χ3v) is 6.98. The maximum atomic E-state index is 13.0. The van der Waals surface area contributed by atoms with Gasteiger partial charge in [0.15, 0.2) is 0 Å². The molecule has 0 radical (unpaired) electrons. The average molecular weight is 418 g/mol. The number of hydrogen-bond acceptors (Lipinski definition) is 5. The minimum atomic E-state index is 0.0454. The van der Waals surface area contributed by atoms with Gasteiger partial charge in [0.2, 0.25) is 5.95 Å². The highest BCUT2D eigenvalue weighted by atomic mass is 16.1. The van der Waals surface area contributed by atoms with Crippen molar-refractivity contribution in [3.63, 3.8) is 0 Å². The highest BCUT2D eigenvalue weighted by molar-refractivity contribution is 5.76. The average Bonchev–Trinajstić information content (AvgIpc) is 2.81. The molecule has 2 fully saturated rings. The lowest BCUT2D eigenvalue weighted by Gasteiger charge is -2.35. The Labute approximate surface area is 183 Å². The fraction of sp³-hybridized carbons (Fsp3) is 0.480. The number of nitrogens with one attached hydrogen (secondary N) is 1. The van der Waals surface area contributed by atoms with Gasteiger partial charge in [0.1, 0.15) is 5.65 Å². The predicted octanol–water partition coefficient (Wildman–Crippen LogP) is 4.43. The molecule has 2 atom stereocenters. The molecule has 2 aromatic heterocycles. The van der Waals surface area contributed by atoms with Crippen LogP contribution in [0.5, 0.6) is 0 Å². The number of fused-ring (bicyclic) bond motifs is 1. The maximum absolute atomic E-state index is 13.0. The van der Waals surface area contributed by atoms with Gasteiger partial charge < -0.3 is 10.2 Å². The Morgan fingerprint density at radius 1 is 1.00 bits per heavy atom. The van der Waals surface area contributed by atoms with Crippen LogP contribution in [0.1, 0.15) is 51.5 Å². The molecule has 2 aliphatic rings. The number of pyridine rings is 1. The maximum Gasteiger partial charge on any atom is 0.252 e. The summed E-state index contributed by atoms with van der Waals surface area (Å²) in [6.45, 7) is 4.25. The van der Waals surface area contributed by atoms with Crippen LogP contribution >= 0.6 is 0 Å². The molecule has 1 aromatic carbocycles. The molecular weight excluding hydrogens is 386 g/mol. The van der Waals surface area contributed by atoms with Crippen LogP contribution in [-0.4, -0.2) is 33.7 Å². The Kier molecular flexibility index (Phi) is 5.72. The van der Waals surface area contributed by atoms with Crippen molar-refractivity contribution in [2.45, 2.75) is 57.5 Å². The van der Waals surface area contributed by atoms with Gasteiger partial charge in [-0.05, 0) is 62.9 Å². The zero-order valence-corrected chi connectivity index (χ0v) is 18.2. The largest absolute Gasteiger partial charge is 0.317 e. The fourth-order valence-electron chi connectivity index (χ4n) is 5.29. The first-order chi connectivity index (χ1) is 15.2. The van der Waals surface area contributed by atoms with E-state index in [9.17, 15) is 4.79 Å². The topological polar surface area (TPSA) is 63.1 Å². The second-order valence-corrected chi connectivity index (χ2v) is 9.01. The van der Waals surface area contributed by atoms with E-state index in [1.807, 2.05) is 22.9 Å². The summed E-state index contributed by atoms with van der Waals surface area (Å²) in [6.07, 6.45) is 8.58. The van der Waals surface area contributed by atoms with Gasteiger partial charge in [0, 0.05) is 35.4 Å². The molecule has 0 bridgehead atoms. The van der Waals surface area contributed by atoms with E-state index >= 15 is 0 Å². The van der Waals surface area contributed by atoms with Crippen LogP contribution in [0.2, 0.25) is 0 Å². The monoisotopic (exact) mass is 417 g/mol. The Balaban J connectivity index is 1.65. The summed E-state index contributed by atoms with van der Waals surface area (Å²) in [4.78, 5) is 25.1. The van der Waals surface area contributed by atoms with Crippen LogP contribution in [0.15, 0.2) is 53.5 Å². The quantitative estimate of drug-likeness (QED) is 0.680. The van der Waals surface area contributed by atoms with E-state index in [4.69, 9.17) is 9.97 Å². The lowest BCUT2D eigenvalue weighted by molar-refractivity contribution is 0.257. The smallest absolute Gasteiger partial charge is 0.252 e. The molecule has 5 rings (SSSR count). The SMILES string of the molecule is CC1CCCCC1n1c(=O)ccc2cnc(N(c3ccccc3)C3CCNCC3)nc21. The summed E-state index contributed by atoms with van der Waals surface area (Å²) < 4.78 is 1.95. The van der Waals surface area contributed by atoms with Crippen molar-refractivity contribution in [2.75, 3.05) is 18.0 Å². The zero-order chi connectivity index (χ0) is 21.2. The van der Waals surface area contributed by atoms with Crippen molar-refractivity contribution >= 4 is 22.7 Å². The van der Waals surface area contributed by atoms with Crippen molar-refractivity contribution in [1.29, 1.82) is 0 Å². The lowest BCUT2D eigenvalue weighted by atomic mass is 9.85. The number of nitrogens with zero attached hydrogens (tertiary/aromatic N) is 4. The Hall–Kier alpha value is -2.73. The van der Waals surface area contributed by atoms with E-state index in [2.05, 4.69) is 41.4 Å². The third-order valence-electron chi connectivity index (χ3n) is 6.98. The molecule has 162 valence electrons. The number of benzene rings is 1. The number of para-hydroxylation sites is 1. The molecule has 31 heavy (non-hydrogen) atoms. The Morgan fingerprint density at radius 2 is 1.77 bits per heavy atom. The summed E-state index contributed by atoms with van der Waals surface area (Å²) >= 11 is 0. The first kappa shape index (κ1) is 20.2. The first-order valence-electron chi connectivity index (χ1n) is 11.7. The van der Waals surface area contributed by atoms with Crippen LogP contribution in [0.4, 0.5) is 11.6 Å². The second kappa shape index (κ2) is 8.79. The van der Waals surface area contributed by atoms with Crippen molar-refractivity contribution < 1.29 is 0 Å². The normalized spacial score (nSPS) is 22.5. The van der Waals surface area contributed by atoms with Crippen LogP contribution in [-0.2, 0) is 0 Å². The van der Waals surface area contributed by atoms with Crippen LogP contribution in [0.3, 0.4) is 0 Å². The lowest BCUT2D eigenvalue weighted by Crippen LogP contribution is -2.41. The molecule has 2 unspecified atom stereocenters. The van der Waals surface area contributed by atoms with E-state index in [1.165, 1.54) is 12.8 Å². The number of hydrogen-bond donors (Lipinski definition) is 1. The molecule has 6 nitrogen and oxygen atoms in total. The molecule has 1 saturated carbocycles. The molecule has 1 aliphatic heterocycles. The molecular formula is C25H31N5O. The molecule has 0 spiro atoms. The number of rotatable bonds is 4. The van der Waals surface area contributed by atoms with Gasteiger partial charge in [-0.3, -0.25) is 9.36 Å². The molecule has 1 N–H and O–H groups in total. The van der Waals surface area contributed by atoms with Crippen molar-refractivity contribution in [3.05, 3.63) is 59.0 Å². The van der Waals surface area contributed by atoms with E-state index in [-0.39, 0.29) is 11.6 Å². The van der Waals surface area contributed by atoms with Crippen molar-refractivity contribution in [1.82, 2.24) is 19.9 Å². The fourth-order valence-corrected chi connectivity index (χ4v) is 5.29.